The predicted octanol–water partition coefficient (Wildman–Crippen LogP) is 2.85. The molecule has 0 spiro atoms. The summed E-state index contributed by atoms with van der Waals surface area (Å²) in [5.74, 6) is 1.79. The largest absolute Gasteiger partial charge is 0.393 e. The molecular weight excluding hydrogens is 276 g/mol. The molecule has 0 aromatic heterocycles. The van der Waals surface area contributed by atoms with Crippen LogP contribution in [0, 0.1) is 28.6 Å². The van der Waals surface area contributed by atoms with E-state index in [9.17, 15) is 15.0 Å². The molecule has 0 radical (unpaired) electrons. The normalized spacial score (nSPS) is 54.3. The molecule has 0 saturated heterocycles. The van der Waals surface area contributed by atoms with Gasteiger partial charge in [0.1, 0.15) is 0 Å². The smallest absolute Gasteiger partial charge is 0.155 e. The van der Waals surface area contributed by atoms with E-state index in [-0.39, 0.29) is 22.7 Å². The molecule has 3 nitrogen and oxygen atoms in total. The van der Waals surface area contributed by atoms with Crippen molar-refractivity contribution in [2.45, 2.75) is 71.0 Å². The van der Waals surface area contributed by atoms with Gasteiger partial charge in [0.25, 0.3) is 0 Å². The topological polar surface area (TPSA) is 57.5 Å². The van der Waals surface area contributed by atoms with Crippen LogP contribution in [0.5, 0.6) is 0 Å². The van der Waals surface area contributed by atoms with Gasteiger partial charge in [0, 0.05) is 6.42 Å². The molecule has 4 rings (SSSR count). The second-order valence-corrected chi connectivity index (χ2v) is 8.75. The monoisotopic (exact) mass is 304 g/mol. The number of hydrogen-bond acceptors (Lipinski definition) is 3. The lowest BCUT2D eigenvalue weighted by molar-refractivity contribution is -0.120. The van der Waals surface area contributed by atoms with Crippen LogP contribution in [0.25, 0.3) is 0 Å². The molecule has 3 fully saturated rings. The van der Waals surface area contributed by atoms with E-state index in [4.69, 9.17) is 0 Å². The van der Waals surface area contributed by atoms with Crippen molar-refractivity contribution < 1.29 is 15.0 Å². The van der Waals surface area contributed by atoms with Gasteiger partial charge in [0.05, 0.1) is 12.2 Å². The van der Waals surface area contributed by atoms with E-state index in [0.29, 0.717) is 24.2 Å². The molecule has 0 amide bonds. The highest BCUT2D eigenvalue weighted by Gasteiger charge is 2.60. The molecule has 4 aliphatic rings. The molecule has 4 aliphatic carbocycles. The number of carbonyl (C=O) groups is 1. The Morgan fingerprint density at radius 1 is 1.09 bits per heavy atom. The van der Waals surface area contributed by atoms with Crippen LogP contribution in [-0.2, 0) is 4.79 Å². The van der Waals surface area contributed by atoms with E-state index in [2.05, 4.69) is 13.8 Å². The Morgan fingerprint density at radius 2 is 1.86 bits per heavy atom. The minimum absolute atomic E-state index is 0.00881. The van der Waals surface area contributed by atoms with Gasteiger partial charge in [0.2, 0.25) is 0 Å². The summed E-state index contributed by atoms with van der Waals surface area (Å²) in [7, 11) is 0. The quantitative estimate of drug-likeness (QED) is 0.723. The summed E-state index contributed by atoms with van der Waals surface area (Å²) in [4.78, 5) is 11.8. The van der Waals surface area contributed by atoms with Crippen molar-refractivity contribution in [1.29, 1.82) is 0 Å². The minimum Gasteiger partial charge on any atom is -0.393 e. The second-order valence-electron chi connectivity index (χ2n) is 8.75. The lowest BCUT2D eigenvalue weighted by Crippen LogP contribution is -2.54. The third-order valence-electron chi connectivity index (χ3n) is 7.93. The van der Waals surface area contributed by atoms with Gasteiger partial charge in [-0.1, -0.05) is 13.8 Å². The summed E-state index contributed by atoms with van der Waals surface area (Å²) in [6.07, 6.45) is 7.65. The Balaban J connectivity index is 1.73. The van der Waals surface area contributed by atoms with Crippen LogP contribution in [0.2, 0.25) is 0 Å². The van der Waals surface area contributed by atoms with Crippen molar-refractivity contribution in [2.24, 2.45) is 28.6 Å². The third kappa shape index (κ3) is 1.78. The van der Waals surface area contributed by atoms with Crippen molar-refractivity contribution in [2.75, 3.05) is 0 Å². The highest BCUT2D eigenvalue weighted by Crippen LogP contribution is 2.65. The Kier molecular flexibility index (Phi) is 3.16. The first kappa shape index (κ1) is 14.9. The van der Waals surface area contributed by atoms with E-state index in [1.54, 1.807) is 6.08 Å². The van der Waals surface area contributed by atoms with E-state index in [1.807, 2.05) is 0 Å². The highest BCUT2D eigenvalue weighted by atomic mass is 16.3. The predicted molar refractivity (Wildman–Crippen MR) is 84.1 cm³/mol. The molecule has 0 unspecified atom stereocenters. The fourth-order valence-electron chi connectivity index (χ4n) is 6.58. The highest BCUT2D eigenvalue weighted by molar-refractivity contribution is 5.91. The van der Waals surface area contributed by atoms with Crippen LogP contribution in [0.4, 0.5) is 0 Å². The van der Waals surface area contributed by atoms with Crippen molar-refractivity contribution in [3.8, 4) is 0 Å². The van der Waals surface area contributed by atoms with E-state index in [0.717, 1.165) is 44.1 Å². The van der Waals surface area contributed by atoms with Crippen molar-refractivity contribution in [3.05, 3.63) is 11.6 Å². The summed E-state index contributed by atoms with van der Waals surface area (Å²) in [6, 6.07) is 0. The average Bonchev–Trinajstić information content (AvgIpc) is 2.77. The molecular formula is C19H28O3. The first-order chi connectivity index (χ1) is 10.4. The van der Waals surface area contributed by atoms with Gasteiger partial charge in [-0.15, -0.1) is 0 Å². The molecule has 0 aromatic rings. The lowest BCUT2D eigenvalue weighted by atomic mass is 9.47. The molecule has 0 bridgehead atoms. The van der Waals surface area contributed by atoms with Gasteiger partial charge in [-0.3, -0.25) is 4.79 Å². The maximum atomic E-state index is 11.8. The molecule has 122 valence electrons. The maximum absolute atomic E-state index is 11.8. The van der Waals surface area contributed by atoms with Crippen LogP contribution in [0.3, 0.4) is 0 Å². The van der Waals surface area contributed by atoms with Gasteiger partial charge >= 0.3 is 0 Å². The van der Waals surface area contributed by atoms with E-state index >= 15 is 0 Å². The first-order valence-electron chi connectivity index (χ1n) is 8.97. The average molecular weight is 304 g/mol. The zero-order valence-corrected chi connectivity index (χ0v) is 13.7. The Morgan fingerprint density at radius 3 is 2.64 bits per heavy atom. The number of aliphatic hydroxyl groups excluding tert-OH is 2. The molecule has 2 N–H and O–H groups in total. The number of aliphatic hydroxyl groups is 2. The lowest BCUT2D eigenvalue weighted by Gasteiger charge is -2.58. The Bertz CT molecular complexity index is 539. The van der Waals surface area contributed by atoms with Crippen LogP contribution >= 0.6 is 0 Å². The molecule has 0 aromatic carbocycles. The number of fused-ring (bicyclic) bond motifs is 5. The minimum atomic E-state index is -0.462. The molecule has 3 saturated carbocycles. The molecule has 7 atom stereocenters. The van der Waals surface area contributed by atoms with E-state index in [1.165, 1.54) is 0 Å². The molecule has 22 heavy (non-hydrogen) atoms. The van der Waals surface area contributed by atoms with E-state index < -0.39 is 6.10 Å². The number of carbonyl (C=O) groups excluding carboxylic acids is 1. The number of ketones is 1. The van der Waals surface area contributed by atoms with Crippen LogP contribution in [0.1, 0.15) is 58.8 Å². The zero-order valence-electron chi connectivity index (χ0n) is 13.7. The SMILES string of the molecule is C[C@]12CC[C@H]3[C@@H](C[C@@H](O)C4=CC(=O)CC[C@@]43C)[C@@H]1CC[C@H]2O. The van der Waals surface area contributed by atoms with Gasteiger partial charge < -0.3 is 10.2 Å². The van der Waals surface area contributed by atoms with Gasteiger partial charge in [-0.25, -0.2) is 0 Å². The summed E-state index contributed by atoms with van der Waals surface area (Å²) >= 11 is 0. The van der Waals surface area contributed by atoms with Gasteiger partial charge in [0.15, 0.2) is 5.78 Å². The fourth-order valence-corrected chi connectivity index (χ4v) is 6.58. The van der Waals surface area contributed by atoms with Crippen molar-refractivity contribution in [3.63, 3.8) is 0 Å². The Hall–Kier alpha value is -0.670. The number of rotatable bonds is 0. The molecule has 0 heterocycles. The molecule has 3 heteroatoms. The number of hydrogen-bond donors (Lipinski definition) is 2. The summed E-state index contributed by atoms with van der Waals surface area (Å²) in [6.45, 7) is 4.54. The van der Waals surface area contributed by atoms with Crippen LogP contribution < -0.4 is 0 Å². The second kappa shape index (κ2) is 4.67. The standard InChI is InChI=1S/C19H28O3/c1-18-7-5-11(20)9-15(18)16(21)10-12-13-3-4-17(22)19(13,2)8-6-14(12)18/h9,12-14,16-17,21-22H,3-8,10H2,1-2H3/t12-,13-,14-,16+,17+,18+,19-/m0/s1. The fraction of sp³-hybridized carbons (Fsp3) is 0.842. The van der Waals surface area contributed by atoms with Crippen molar-refractivity contribution >= 4 is 5.78 Å². The summed E-state index contributed by atoms with van der Waals surface area (Å²) in [5, 5.41) is 21.2. The summed E-state index contributed by atoms with van der Waals surface area (Å²) in [5.41, 5.74) is 1.04. The van der Waals surface area contributed by atoms with Gasteiger partial charge in [-0.05, 0) is 78.8 Å². The van der Waals surface area contributed by atoms with Crippen molar-refractivity contribution in [1.82, 2.24) is 0 Å². The molecule has 0 aliphatic heterocycles. The Labute approximate surface area is 132 Å². The maximum Gasteiger partial charge on any atom is 0.155 e. The third-order valence-corrected chi connectivity index (χ3v) is 7.93. The first-order valence-corrected chi connectivity index (χ1v) is 8.97. The van der Waals surface area contributed by atoms with Gasteiger partial charge in [-0.2, -0.15) is 0 Å². The summed E-state index contributed by atoms with van der Waals surface area (Å²) < 4.78 is 0. The van der Waals surface area contributed by atoms with Crippen LogP contribution in [0.15, 0.2) is 11.6 Å². The zero-order chi connectivity index (χ0) is 15.7. The van der Waals surface area contributed by atoms with Crippen LogP contribution in [-0.4, -0.2) is 28.2 Å².